The molecule has 19 heavy (non-hydrogen) atoms. The number of hydrogen-bond donors (Lipinski definition) is 3. The Morgan fingerprint density at radius 3 is 2.74 bits per heavy atom. The molecular weight excluding hydrogens is 354 g/mol. The number of sulfonamides is 1. The van der Waals surface area contributed by atoms with E-state index < -0.39 is 16.1 Å². The lowest BCUT2D eigenvalue weighted by Gasteiger charge is -2.15. The fourth-order valence-corrected chi connectivity index (χ4v) is 4.92. The van der Waals surface area contributed by atoms with Crippen molar-refractivity contribution in [1.82, 2.24) is 4.72 Å². The molecule has 0 saturated carbocycles. The molecule has 0 fully saturated rings. The van der Waals surface area contributed by atoms with Gasteiger partial charge in [0.2, 0.25) is 0 Å². The van der Waals surface area contributed by atoms with Gasteiger partial charge < -0.3 is 10.9 Å². The highest BCUT2D eigenvalue weighted by Gasteiger charge is 2.24. The van der Waals surface area contributed by atoms with E-state index in [1.807, 2.05) is 13.8 Å². The summed E-state index contributed by atoms with van der Waals surface area (Å²) in [5, 5.41) is 11.5. The van der Waals surface area contributed by atoms with Crippen molar-refractivity contribution in [1.29, 1.82) is 0 Å². The first-order valence-corrected chi connectivity index (χ1v) is 8.66. The van der Waals surface area contributed by atoms with E-state index in [0.717, 1.165) is 20.7 Å². The predicted octanol–water partition coefficient (Wildman–Crippen LogP) is 2.01. The molecule has 0 saturated heterocycles. The van der Waals surface area contributed by atoms with E-state index in [0.29, 0.717) is 12.8 Å². The van der Waals surface area contributed by atoms with Crippen LogP contribution in [0.5, 0.6) is 0 Å². The molecule has 1 aromatic rings. The van der Waals surface area contributed by atoms with Crippen LogP contribution in [0.4, 0.5) is 0 Å². The lowest BCUT2D eigenvalue weighted by atomic mass is 10.2. The second-order valence-corrected chi connectivity index (χ2v) is 8.32. The van der Waals surface area contributed by atoms with Crippen molar-refractivity contribution < 1.29 is 13.6 Å². The highest BCUT2D eigenvalue weighted by molar-refractivity contribution is 9.11. The van der Waals surface area contributed by atoms with Crippen LogP contribution in [0.25, 0.3) is 0 Å². The first-order chi connectivity index (χ1) is 8.81. The van der Waals surface area contributed by atoms with Crippen LogP contribution in [0.1, 0.15) is 25.3 Å². The minimum atomic E-state index is -3.67. The molecule has 108 valence electrons. The summed E-state index contributed by atoms with van der Waals surface area (Å²) in [6.45, 7) is 3.70. The molecule has 0 bridgehead atoms. The Balaban J connectivity index is 3.00. The summed E-state index contributed by atoms with van der Waals surface area (Å²) in [6.07, 6.45) is 1.16. The average Bonchev–Trinajstić information content (AvgIpc) is 2.69. The molecule has 1 heterocycles. The van der Waals surface area contributed by atoms with Crippen molar-refractivity contribution in [2.24, 2.45) is 10.9 Å². The molecule has 0 radical (unpaired) electrons. The van der Waals surface area contributed by atoms with Gasteiger partial charge in [-0.05, 0) is 40.9 Å². The third-order valence-corrected chi connectivity index (χ3v) is 6.53. The molecule has 1 unspecified atom stereocenters. The number of hydrogen-bond acceptors (Lipinski definition) is 5. The van der Waals surface area contributed by atoms with Gasteiger partial charge in [0.15, 0.2) is 5.84 Å². The fourth-order valence-electron chi connectivity index (χ4n) is 1.44. The predicted molar refractivity (Wildman–Crippen MR) is 79.2 cm³/mol. The summed E-state index contributed by atoms with van der Waals surface area (Å²) < 4.78 is 27.8. The number of nitrogens with zero attached hydrogens (tertiary/aromatic N) is 1. The Morgan fingerprint density at radius 2 is 2.32 bits per heavy atom. The molecule has 0 aromatic carbocycles. The molecule has 6 nitrogen and oxygen atoms in total. The highest BCUT2D eigenvalue weighted by Crippen LogP contribution is 2.30. The van der Waals surface area contributed by atoms with Crippen LogP contribution in [0.15, 0.2) is 19.2 Å². The lowest BCUT2D eigenvalue weighted by Crippen LogP contribution is -2.44. The second-order valence-electron chi connectivity index (χ2n) is 4.01. The van der Waals surface area contributed by atoms with Gasteiger partial charge in [0.05, 0.1) is 9.83 Å². The van der Waals surface area contributed by atoms with Crippen LogP contribution in [0.2, 0.25) is 0 Å². The van der Waals surface area contributed by atoms with Crippen LogP contribution >= 0.6 is 27.3 Å². The topological polar surface area (TPSA) is 105 Å². The number of amidine groups is 1. The van der Waals surface area contributed by atoms with Gasteiger partial charge in [-0.25, -0.2) is 8.42 Å². The lowest BCUT2D eigenvalue weighted by molar-refractivity contribution is 0.315. The smallest absolute Gasteiger partial charge is 0.250 e. The van der Waals surface area contributed by atoms with E-state index in [4.69, 9.17) is 10.9 Å². The minimum absolute atomic E-state index is 0.141. The van der Waals surface area contributed by atoms with E-state index in [1.54, 1.807) is 6.07 Å². The molecular formula is C10H16BrN3O3S2. The molecule has 1 aromatic heterocycles. The van der Waals surface area contributed by atoms with Crippen molar-refractivity contribution in [3.8, 4) is 0 Å². The summed E-state index contributed by atoms with van der Waals surface area (Å²) in [4.78, 5) is 0. The third-order valence-electron chi connectivity index (χ3n) is 2.45. The first-order valence-electron chi connectivity index (χ1n) is 5.57. The quantitative estimate of drug-likeness (QED) is 0.308. The van der Waals surface area contributed by atoms with Gasteiger partial charge in [0.1, 0.15) is 4.21 Å². The number of aryl methyl sites for hydroxylation is 1. The molecule has 0 aliphatic rings. The average molecular weight is 370 g/mol. The van der Waals surface area contributed by atoms with E-state index in [2.05, 4.69) is 25.8 Å². The molecule has 4 N–H and O–H groups in total. The summed E-state index contributed by atoms with van der Waals surface area (Å²) >= 11 is 4.41. The van der Waals surface area contributed by atoms with E-state index in [9.17, 15) is 8.42 Å². The normalized spacial score (nSPS) is 14.6. The zero-order valence-electron chi connectivity index (χ0n) is 10.6. The Morgan fingerprint density at radius 1 is 1.68 bits per heavy atom. The third kappa shape index (κ3) is 4.16. The zero-order valence-corrected chi connectivity index (χ0v) is 13.8. The first kappa shape index (κ1) is 16.4. The Labute approximate surface area is 124 Å². The molecule has 9 heteroatoms. The number of nitrogens with one attached hydrogen (secondary N) is 1. The fraction of sp³-hybridized carbons (Fsp3) is 0.500. The maximum atomic E-state index is 12.2. The van der Waals surface area contributed by atoms with Gasteiger partial charge in [0.25, 0.3) is 10.0 Å². The number of halogens is 1. The van der Waals surface area contributed by atoms with Crippen LogP contribution in [-0.2, 0) is 10.0 Å². The zero-order chi connectivity index (χ0) is 14.6. The SMILES string of the molecule is CCCC(NS(=O)(=O)c1cc(C)c(Br)s1)C(N)=NO. The summed E-state index contributed by atoms with van der Waals surface area (Å²) in [5.74, 6) is -0.141. The largest absolute Gasteiger partial charge is 0.409 e. The number of thiophene rings is 1. The van der Waals surface area contributed by atoms with Crippen molar-refractivity contribution >= 4 is 43.1 Å². The van der Waals surface area contributed by atoms with Crippen molar-refractivity contribution in [3.05, 3.63) is 15.4 Å². The Bertz CT molecular complexity index is 549. The van der Waals surface area contributed by atoms with E-state index >= 15 is 0 Å². The minimum Gasteiger partial charge on any atom is -0.409 e. The molecule has 1 rings (SSSR count). The molecule has 0 aliphatic heterocycles. The van der Waals surface area contributed by atoms with Gasteiger partial charge in [-0.3, -0.25) is 0 Å². The summed E-state index contributed by atoms with van der Waals surface area (Å²) in [7, 11) is -3.67. The Kier molecular flexibility index (Phi) is 5.78. The van der Waals surface area contributed by atoms with Gasteiger partial charge in [-0.15, -0.1) is 11.3 Å². The van der Waals surface area contributed by atoms with Crippen molar-refractivity contribution in [2.45, 2.75) is 36.9 Å². The van der Waals surface area contributed by atoms with Crippen LogP contribution in [0, 0.1) is 6.92 Å². The van der Waals surface area contributed by atoms with Crippen molar-refractivity contribution in [3.63, 3.8) is 0 Å². The molecule has 1 atom stereocenters. The van der Waals surface area contributed by atoms with Crippen LogP contribution in [-0.4, -0.2) is 25.5 Å². The van der Waals surface area contributed by atoms with Crippen LogP contribution < -0.4 is 10.5 Å². The number of oxime groups is 1. The van der Waals surface area contributed by atoms with Gasteiger partial charge in [-0.2, -0.15) is 4.72 Å². The Hall–Kier alpha value is -0.640. The highest BCUT2D eigenvalue weighted by atomic mass is 79.9. The van der Waals surface area contributed by atoms with E-state index in [-0.39, 0.29) is 10.0 Å². The second kappa shape index (κ2) is 6.69. The monoisotopic (exact) mass is 369 g/mol. The molecule has 0 spiro atoms. The van der Waals surface area contributed by atoms with Gasteiger partial charge in [0, 0.05) is 0 Å². The molecule has 0 aliphatic carbocycles. The maximum absolute atomic E-state index is 12.2. The van der Waals surface area contributed by atoms with Gasteiger partial charge >= 0.3 is 0 Å². The maximum Gasteiger partial charge on any atom is 0.250 e. The summed E-state index contributed by atoms with van der Waals surface area (Å²) in [6, 6.07) is 0.869. The summed E-state index contributed by atoms with van der Waals surface area (Å²) in [5.41, 5.74) is 6.34. The van der Waals surface area contributed by atoms with E-state index in [1.165, 1.54) is 0 Å². The molecule has 0 amide bonds. The van der Waals surface area contributed by atoms with Gasteiger partial charge in [-0.1, -0.05) is 18.5 Å². The standard InChI is InChI=1S/C10H16BrN3O3S2/c1-3-4-7(10(12)13-15)14-19(16,17)8-5-6(2)9(11)18-8/h5,7,14-15H,3-4H2,1-2H3,(H2,12,13). The van der Waals surface area contributed by atoms with Crippen molar-refractivity contribution in [2.75, 3.05) is 0 Å². The number of rotatable bonds is 6. The number of nitrogens with two attached hydrogens (primary N) is 1. The van der Waals surface area contributed by atoms with Crippen LogP contribution in [0.3, 0.4) is 0 Å².